The number of nitrogens with zero attached hydrogens (tertiary/aromatic N) is 1. The molecule has 2 unspecified atom stereocenters. The molecular formula is C16H26N2OS. The number of thioether (sulfide) groups is 1. The van der Waals surface area contributed by atoms with Crippen LogP contribution in [0.4, 0.5) is 0 Å². The van der Waals surface area contributed by atoms with E-state index in [0.717, 1.165) is 19.8 Å². The smallest absolute Gasteiger partial charge is 0.0506 e. The van der Waals surface area contributed by atoms with Gasteiger partial charge < -0.3 is 10.5 Å². The molecule has 0 amide bonds. The molecule has 4 heteroatoms. The van der Waals surface area contributed by atoms with Crippen LogP contribution < -0.4 is 5.73 Å². The number of rotatable bonds is 6. The molecule has 1 aromatic carbocycles. The molecule has 0 aromatic heterocycles. The summed E-state index contributed by atoms with van der Waals surface area (Å²) in [5.74, 6) is 0.647. The second-order valence-corrected chi connectivity index (χ2v) is 6.43. The lowest BCUT2D eigenvalue weighted by Gasteiger charge is -2.32. The van der Waals surface area contributed by atoms with E-state index in [2.05, 4.69) is 42.5 Å². The van der Waals surface area contributed by atoms with Gasteiger partial charge in [0.15, 0.2) is 0 Å². The van der Waals surface area contributed by atoms with Crippen molar-refractivity contribution in [3.63, 3.8) is 0 Å². The van der Waals surface area contributed by atoms with Crippen LogP contribution in [0.2, 0.25) is 0 Å². The summed E-state index contributed by atoms with van der Waals surface area (Å²) in [4.78, 5) is 3.68. The highest BCUT2D eigenvalue weighted by molar-refractivity contribution is 7.98. The van der Waals surface area contributed by atoms with E-state index in [-0.39, 0.29) is 0 Å². The molecule has 1 aliphatic heterocycles. The Morgan fingerprint density at radius 1 is 1.40 bits per heavy atom. The molecule has 2 atom stereocenters. The molecule has 1 aromatic rings. The molecular weight excluding hydrogens is 268 g/mol. The van der Waals surface area contributed by atoms with Gasteiger partial charge in [0.05, 0.1) is 6.61 Å². The Bertz CT molecular complexity index is 390. The van der Waals surface area contributed by atoms with Crippen molar-refractivity contribution in [1.29, 1.82) is 0 Å². The maximum Gasteiger partial charge on any atom is 0.0506 e. The first-order chi connectivity index (χ1) is 9.74. The highest BCUT2D eigenvalue weighted by Crippen LogP contribution is 2.24. The molecule has 1 fully saturated rings. The van der Waals surface area contributed by atoms with Crippen molar-refractivity contribution in [1.82, 2.24) is 4.90 Å². The van der Waals surface area contributed by atoms with Crippen LogP contribution in [-0.4, -0.2) is 44.5 Å². The van der Waals surface area contributed by atoms with E-state index >= 15 is 0 Å². The summed E-state index contributed by atoms with van der Waals surface area (Å²) in [6.07, 6.45) is 4.56. The third kappa shape index (κ3) is 4.22. The molecule has 3 nitrogen and oxygen atoms in total. The topological polar surface area (TPSA) is 38.5 Å². The summed E-state index contributed by atoms with van der Waals surface area (Å²) >= 11 is 1.77. The summed E-state index contributed by atoms with van der Waals surface area (Å²) in [6, 6.07) is 9.07. The fourth-order valence-electron chi connectivity index (χ4n) is 2.88. The zero-order valence-corrected chi connectivity index (χ0v) is 13.4. The zero-order chi connectivity index (χ0) is 14.4. The van der Waals surface area contributed by atoms with E-state index in [1.54, 1.807) is 11.8 Å². The first-order valence-corrected chi connectivity index (χ1v) is 8.59. The van der Waals surface area contributed by atoms with Gasteiger partial charge in [-0.2, -0.15) is 0 Å². The fraction of sp³-hybridized carbons (Fsp3) is 0.625. The van der Waals surface area contributed by atoms with E-state index in [4.69, 9.17) is 10.5 Å². The summed E-state index contributed by atoms with van der Waals surface area (Å²) < 4.78 is 5.57. The predicted molar refractivity (Wildman–Crippen MR) is 86.2 cm³/mol. The summed E-state index contributed by atoms with van der Waals surface area (Å²) in [7, 11) is 2.18. The van der Waals surface area contributed by atoms with Crippen molar-refractivity contribution in [3.05, 3.63) is 29.8 Å². The largest absolute Gasteiger partial charge is 0.381 e. The van der Waals surface area contributed by atoms with E-state index in [1.807, 2.05) is 0 Å². The maximum absolute atomic E-state index is 6.00. The van der Waals surface area contributed by atoms with Gasteiger partial charge in [0.2, 0.25) is 0 Å². The van der Waals surface area contributed by atoms with Crippen LogP contribution in [0.1, 0.15) is 24.4 Å². The van der Waals surface area contributed by atoms with E-state index < -0.39 is 0 Å². The zero-order valence-electron chi connectivity index (χ0n) is 12.5. The average Bonchev–Trinajstić information content (AvgIpc) is 2.49. The Morgan fingerprint density at radius 3 is 2.70 bits per heavy atom. The summed E-state index contributed by atoms with van der Waals surface area (Å²) in [6.45, 7) is 3.54. The third-order valence-electron chi connectivity index (χ3n) is 4.06. The summed E-state index contributed by atoms with van der Waals surface area (Å²) in [5, 5.41) is 0. The second kappa shape index (κ2) is 8.03. The van der Waals surface area contributed by atoms with Crippen molar-refractivity contribution in [2.24, 2.45) is 11.7 Å². The number of hydrogen-bond donors (Lipinski definition) is 1. The Labute approximate surface area is 126 Å². The predicted octanol–water partition coefficient (Wildman–Crippen LogP) is 2.77. The molecule has 20 heavy (non-hydrogen) atoms. The number of ether oxygens (including phenoxy) is 1. The minimum Gasteiger partial charge on any atom is -0.381 e. The molecule has 112 valence electrons. The Hall–Kier alpha value is -0.550. The van der Waals surface area contributed by atoms with E-state index in [1.165, 1.54) is 23.3 Å². The first-order valence-electron chi connectivity index (χ1n) is 7.36. The van der Waals surface area contributed by atoms with Gasteiger partial charge in [0, 0.05) is 30.6 Å². The van der Waals surface area contributed by atoms with Gasteiger partial charge in [-0.3, -0.25) is 4.90 Å². The van der Waals surface area contributed by atoms with E-state index in [9.17, 15) is 0 Å². The fourth-order valence-corrected chi connectivity index (χ4v) is 3.29. The number of hydrogen-bond acceptors (Lipinski definition) is 4. The van der Waals surface area contributed by atoms with Crippen molar-refractivity contribution >= 4 is 11.8 Å². The standard InChI is InChI=1S/C16H26N2OS/c1-18(11-13-4-3-9-19-12-13)16(10-17)14-5-7-15(20-2)8-6-14/h5-8,13,16H,3-4,9-12,17H2,1-2H3. The van der Waals surface area contributed by atoms with Crippen LogP contribution in [0.25, 0.3) is 0 Å². The molecule has 1 saturated heterocycles. The van der Waals surface area contributed by atoms with Crippen LogP contribution in [0, 0.1) is 5.92 Å². The van der Waals surface area contributed by atoms with Gasteiger partial charge in [0.25, 0.3) is 0 Å². The lowest BCUT2D eigenvalue weighted by atomic mass is 9.99. The van der Waals surface area contributed by atoms with Crippen LogP contribution in [0.5, 0.6) is 0 Å². The minimum atomic E-state index is 0.299. The second-order valence-electron chi connectivity index (χ2n) is 5.55. The van der Waals surface area contributed by atoms with Crippen LogP contribution in [0.15, 0.2) is 29.2 Å². The highest BCUT2D eigenvalue weighted by atomic mass is 32.2. The van der Waals surface area contributed by atoms with Gasteiger partial charge in [-0.15, -0.1) is 11.8 Å². The average molecular weight is 294 g/mol. The highest BCUT2D eigenvalue weighted by Gasteiger charge is 2.21. The quantitative estimate of drug-likeness (QED) is 0.819. The first kappa shape index (κ1) is 15.8. The van der Waals surface area contributed by atoms with Gasteiger partial charge in [-0.25, -0.2) is 0 Å². The van der Waals surface area contributed by atoms with Crippen LogP contribution >= 0.6 is 11.8 Å². The lowest BCUT2D eigenvalue weighted by molar-refractivity contribution is 0.0365. The van der Waals surface area contributed by atoms with Crippen LogP contribution in [0.3, 0.4) is 0 Å². The molecule has 0 saturated carbocycles. The summed E-state index contributed by atoms with van der Waals surface area (Å²) in [5.41, 5.74) is 7.31. The number of benzene rings is 1. The minimum absolute atomic E-state index is 0.299. The Balaban J connectivity index is 1.98. The molecule has 1 aliphatic rings. The monoisotopic (exact) mass is 294 g/mol. The lowest BCUT2D eigenvalue weighted by Crippen LogP contribution is -2.36. The van der Waals surface area contributed by atoms with Crippen LogP contribution in [-0.2, 0) is 4.74 Å². The van der Waals surface area contributed by atoms with Crippen molar-refractivity contribution in [3.8, 4) is 0 Å². The molecule has 2 rings (SSSR count). The molecule has 0 spiro atoms. The normalized spacial score (nSPS) is 21.1. The SMILES string of the molecule is CSc1ccc(C(CN)N(C)CC2CCCOC2)cc1. The molecule has 1 heterocycles. The van der Waals surface area contributed by atoms with Gasteiger partial charge in [0.1, 0.15) is 0 Å². The van der Waals surface area contributed by atoms with E-state index in [0.29, 0.717) is 18.5 Å². The van der Waals surface area contributed by atoms with Crippen molar-refractivity contribution < 1.29 is 4.74 Å². The van der Waals surface area contributed by atoms with Gasteiger partial charge in [-0.1, -0.05) is 12.1 Å². The molecule has 0 radical (unpaired) electrons. The Morgan fingerprint density at radius 2 is 2.15 bits per heavy atom. The van der Waals surface area contributed by atoms with Crippen molar-refractivity contribution in [2.45, 2.75) is 23.8 Å². The van der Waals surface area contributed by atoms with Crippen molar-refractivity contribution in [2.75, 3.05) is 39.6 Å². The third-order valence-corrected chi connectivity index (χ3v) is 4.80. The molecule has 2 N–H and O–H groups in total. The molecule has 0 aliphatic carbocycles. The van der Waals surface area contributed by atoms with Gasteiger partial charge in [-0.05, 0) is 49.8 Å². The maximum atomic E-state index is 6.00. The number of nitrogens with two attached hydrogens (primary N) is 1. The van der Waals surface area contributed by atoms with Gasteiger partial charge >= 0.3 is 0 Å². The Kier molecular flexibility index (Phi) is 6.36. The number of likely N-dealkylation sites (N-methyl/N-ethyl adjacent to an activating group) is 1. The molecule has 0 bridgehead atoms.